The molecule has 27 heavy (non-hydrogen) atoms. The molecule has 0 aliphatic rings. The van der Waals surface area contributed by atoms with Crippen molar-refractivity contribution < 1.29 is 35.9 Å². The number of alkyl halides is 4. The van der Waals surface area contributed by atoms with Crippen molar-refractivity contribution >= 4 is 29.2 Å². The molecule has 0 spiro atoms. The first-order chi connectivity index (χ1) is 12.5. The van der Waals surface area contributed by atoms with Crippen molar-refractivity contribution in [2.45, 2.75) is 12.9 Å². The van der Waals surface area contributed by atoms with E-state index in [1.165, 1.54) is 0 Å². The highest BCUT2D eigenvalue weighted by atomic mass is 35.5. The van der Waals surface area contributed by atoms with Crippen molar-refractivity contribution in [3.05, 3.63) is 63.7 Å². The number of nitrogens with one attached hydrogen (secondary N) is 2. The van der Waals surface area contributed by atoms with Crippen LogP contribution < -0.4 is 10.6 Å². The third-order valence-corrected chi connectivity index (χ3v) is 3.73. The van der Waals surface area contributed by atoms with Crippen LogP contribution in [0.15, 0.2) is 30.3 Å². The number of anilines is 1. The first-order valence-corrected chi connectivity index (χ1v) is 7.44. The van der Waals surface area contributed by atoms with Gasteiger partial charge in [0.25, 0.3) is 5.91 Å². The molecule has 144 valence electrons. The van der Waals surface area contributed by atoms with Crippen LogP contribution in [0.25, 0.3) is 0 Å². The molecule has 3 amide bonds. The molecule has 0 aromatic heterocycles. The zero-order chi connectivity index (χ0) is 20.4. The summed E-state index contributed by atoms with van der Waals surface area (Å²) in [6, 6.07) is 2.00. The Morgan fingerprint density at radius 2 is 1.67 bits per heavy atom. The molecule has 0 saturated heterocycles. The third kappa shape index (κ3) is 4.70. The van der Waals surface area contributed by atoms with Crippen molar-refractivity contribution in [1.29, 1.82) is 0 Å². The molecule has 0 radical (unpaired) electrons. The average molecular weight is 411 g/mol. The van der Waals surface area contributed by atoms with Gasteiger partial charge in [-0.2, -0.15) is 13.2 Å². The van der Waals surface area contributed by atoms with Gasteiger partial charge in [-0.25, -0.2) is 18.0 Å². The summed E-state index contributed by atoms with van der Waals surface area (Å²) < 4.78 is 78.4. The number of hydrogen-bond donors (Lipinski definition) is 2. The van der Waals surface area contributed by atoms with Crippen LogP contribution in [-0.2, 0) is 12.9 Å². The van der Waals surface area contributed by atoms with E-state index in [4.69, 9.17) is 11.6 Å². The summed E-state index contributed by atoms with van der Waals surface area (Å²) in [6.45, 7) is -1.35. The van der Waals surface area contributed by atoms with Crippen molar-refractivity contribution in [2.75, 3.05) is 5.32 Å². The number of hydrogen-bond acceptors (Lipinski definition) is 2. The molecular formula is C16H9ClF6N2O2. The monoisotopic (exact) mass is 410 g/mol. The molecule has 4 nitrogen and oxygen atoms in total. The Kier molecular flexibility index (Phi) is 5.99. The molecule has 0 aliphatic heterocycles. The Morgan fingerprint density at radius 3 is 2.19 bits per heavy atom. The first-order valence-electron chi connectivity index (χ1n) is 7.06. The molecule has 2 aromatic carbocycles. The SMILES string of the molecule is O=C(NC(=O)c1c(F)cccc1F)Nc1cc(C(F)(F)F)cc(CF)c1Cl. The summed E-state index contributed by atoms with van der Waals surface area (Å²) in [7, 11) is 0. The number of urea groups is 1. The Morgan fingerprint density at radius 1 is 1.07 bits per heavy atom. The van der Waals surface area contributed by atoms with Crippen LogP contribution >= 0.6 is 11.6 Å². The van der Waals surface area contributed by atoms with Crippen LogP contribution in [0.2, 0.25) is 5.02 Å². The second-order valence-corrected chi connectivity index (χ2v) is 5.51. The lowest BCUT2D eigenvalue weighted by molar-refractivity contribution is -0.137. The molecule has 0 unspecified atom stereocenters. The van der Waals surface area contributed by atoms with Gasteiger partial charge in [0.05, 0.1) is 16.3 Å². The molecule has 2 aromatic rings. The summed E-state index contributed by atoms with van der Waals surface area (Å²) in [6.07, 6.45) is -4.85. The van der Waals surface area contributed by atoms with E-state index in [2.05, 4.69) is 0 Å². The van der Waals surface area contributed by atoms with E-state index < -0.39 is 63.8 Å². The molecule has 0 atom stereocenters. The van der Waals surface area contributed by atoms with Crippen molar-refractivity contribution in [2.24, 2.45) is 0 Å². The molecule has 0 bridgehead atoms. The topological polar surface area (TPSA) is 58.2 Å². The first kappa shape index (κ1) is 20.6. The Balaban J connectivity index is 2.26. The van der Waals surface area contributed by atoms with Crippen molar-refractivity contribution in [3.63, 3.8) is 0 Å². The predicted octanol–water partition coefficient (Wildman–Crippen LogP) is 5.07. The van der Waals surface area contributed by atoms with Gasteiger partial charge in [-0.1, -0.05) is 17.7 Å². The van der Waals surface area contributed by atoms with Gasteiger partial charge in [0.1, 0.15) is 23.9 Å². The number of carbonyl (C=O) groups excluding carboxylic acids is 2. The van der Waals surface area contributed by atoms with Crippen molar-refractivity contribution in [3.8, 4) is 0 Å². The molecule has 0 saturated carbocycles. The molecule has 0 fully saturated rings. The highest BCUT2D eigenvalue weighted by Gasteiger charge is 2.32. The number of halogens is 7. The van der Waals surface area contributed by atoms with E-state index in [9.17, 15) is 35.9 Å². The smallest absolute Gasteiger partial charge is 0.306 e. The molecule has 0 heterocycles. The van der Waals surface area contributed by atoms with E-state index >= 15 is 0 Å². The van der Waals surface area contributed by atoms with E-state index in [1.807, 2.05) is 5.32 Å². The fourth-order valence-electron chi connectivity index (χ4n) is 2.07. The lowest BCUT2D eigenvalue weighted by Crippen LogP contribution is -2.35. The van der Waals surface area contributed by atoms with Crippen LogP contribution in [0.1, 0.15) is 21.5 Å². The van der Waals surface area contributed by atoms with Crippen LogP contribution in [0.4, 0.5) is 36.8 Å². The van der Waals surface area contributed by atoms with Crippen LogP contribution in [0, 0.1) is 11.6 Å². The van der Waals surface area contributed by atoms with Gasteiger partial charge in [-0.3, -0.25) is 10.1 Å². The normalized spacial score (nSPS) is 11.2. The minimum absolute atomic E-state index is 0.426. The zero-order valence-corrected chi connectivity index (χ0v) is 13.8. The van der Waals surface area contributed by atoms with E-state index in [-0.39, 0.29) is 0 Å². The van der Waals surface area contributed by atoms with Crippen LogP contribution in [0.3, 0.4) is 0 Å². The number of carbonyl (C=O) groups is 2. The maximum atomic E-state index is 13.5. The lowest BCUT2D eigenvalue weighted by atomic mass is 10.1. The van der Waals surface area contributed by atoms with Crippen LogP contribution in [0.5, 0.6) is 0 Å². The lowest BCUT2D eigenvalue weighted by Gasteiger charge is -2.14. The fraction of sp³-hybridized carbons (Fsp3) is 0.125. The fourth-order valence-corrected chi connectivity index (χ4v) is 2.28. The minimum Gasteiger partial charge on any atom is -0.306 e. The third-order valence-electron chi connectivity index (χ3n) is 3.28. The molecule has 2 N–H and O–H groups in total. The van der Waals surface area contributed by atoms with Gasteiger partial charge in [0.2, 0.25) is 0 Å². The summed E-state index contributed by atoms with van der Waals surface area (Å²) in [5.41, 5.74) is -3.54. The highest BCUT2D eigenvalue weighted by molar-refractivity contribution is 6.34. The summed E-state index contributed by atoms with van der Waals surface area (Å²) in [5, 5.41) is 2.85. The van der Waals surface area contributed by atoms with Gasteiger partial charge >= 0.3 is 12.2 Å². The Labute approximate surface area is 153 Å². The molecular weight excluding hydrogens is 402 g/mol. The quantitative estimate of drug-likeness (QED) is 0.694. The maximum Gasteiger partial charge on any atom is 0.416 e. The van der Waals surface area contributed by atoms with Gasteiger partial charge in [0.15, 0.2) is 0 Å². The summed E-state index contributed by atoms with van der Waals surface area (Å²) >= 11 is 5.72. The van der Waals surface area contributed by atoms with Crippen molar-refractivity contribution in [1.82, 2.24) is 5.32 Å². The Hall–Kier alpha value is -2.75. The second kappa shape index (κ2) is 7.87. The highest BCUT2D eigenvalue weighted by Crippen LogP contribution is 2.36. The number of imide groups is 1. The molecule has 2 rings (SSSR count). The van der Waals surface area contributed by atoms with Gasteiger partial charge < -0.3 is 5.32 Å². The average Bonchev–Trinajstić information content (AvgIpc) is 2.55. The zero-order valence-electron chi connectivity index (χ0n) is 13.1. The maximum absolute atomic E-state index is 13.5. The molecule has 11 heteroatoms. The number of amides is 3. The number of benzene rings is 2. The van der Waals surface area contributed by atoms with E-state index in [0.717, 1.165) is 18.2 Å². The Bertz CT molecular complexity index is 881. The van der Waals surface area contributed by atoms with Gasteiger partial charge in [0, 0.05) is 5.56 Å². The van der Waals surface area contributed by atoms with Gasteiger partial charge in [-0.15, -0.1) is 0 Å². The second-order valence-electron chi connectivity index (χ2n) is 5.13. The van der Waals surface area contributed by atoms with Crippen LogP contribution in [-0.4, -0.2) is 11.9 Å². The summed E-state index contributed by atoms with van der Waals surface area (Å²) in [4.78, 5) is 23.6. The molecule has 0 aliphatic carbocycles. The summed E-state index contributed by atoms with van der Waals surface area (Å²) in [5.74, 6) is -3.98. The predicted molar refractivity (Wildman–Crippen MR) is 84.1 cm³/mol. The van der Waals surface area contributed by atoms with Gasteiger partial charge in [-0.05, 0) is 24.3 Å². The minimum atomic E-state index is -4.85. The van der Waals surface area contributed by atoms with E-state index in [1.54, 1.807) is 5.32 Å². The standard InChI is InChI=1S/C16H9ClF6N2O2/c17-13-7(6-18)4-8(16(21,22)23)5-11(13)24-15(27)25-14(26)12-9(19)2-1-3-10(12)20/h1-5H,6H2,(H2,24,25,26,27). The van der Waals surface area contributed by atoms with E-state index in [0.29, 0.717) is 12.1 Å². The number of rotatable bonds is 3. The largest absolute Gasteiger partial charge is 0.416 e.